The molecule has 1 atom stereocenters. The zero-order chi connectivity index (χ0) is 19.9. The average molecular weight is 476 g/mol. The number of nitrogens with one attached hydrogen (secondary N) is 1. The predicted molar refractivity (Wildman–Crippen MR) is 130 cm³/mol. The maximum atomic E-state index is 3.73. The molecule has 0 aliphatic heterocycles. The summed E-state index contributed by atoms with van der Waals surface area (Å²) >= 11 is 0. The number of anilines is 1. The van der Waals surface area contributed by atoms with Gasteiger partial charge in [-0.3, -0.25) is 0 Å². The first-order valence-electron chi connectivity index (χ1n) is 10.2. The number of halogens is 1. The topological polar surface area (TPSA) is 12.0 Å². The molecule has 4 aromatic rings. The maximum Gasteiger partial charge on any atom is 0.114 e. The Hall–Kier alpha value is -2.41. The number of benzene rings is 4. The van der Waals surface area contributed by atoms with E-state index in [1.165, 1.54) is 21.6 Å². The summed E-state index contributed by atoms with van der Waals surface area (Å²) in [5.41, 5.74) is 1.17. The molecule has 3 heteroatoms. The Bertz CT molecular complexity index is 911. The van der Waals surface area contributed by atoms with Crippen molar-refractivity contribution in [3.8, 4) is 0 Å². The maximum absolute atomic E-state index is 3.73. The van der Waals surface area contributed by atoms with Gasteiger partial charge in [0.2, 0.25) is 0 Å². The second-order valence-electron chi connectivity index (χ2n) is 7.41. The van der Waals surface area contributed by atoms with Crippen LogP contribution in [0.3, 0.4) is 0 Å². The van der Waals surface area contributed by atoms with E-state index in [-0.39, 0.29) is 17.0 Å². The van der Waals surface area contributed by atoms with Crippen LogP contribution in [0.1, 0.15) is 6.92 Å². The number of para-hydroxylation sites is 1. The van der Waals surface area contributed by atoms with E-state index in [2.05, 4.69) is 134 Å². The number of hydrogen-bond donors (Lipinski definition) is 1. The normalized spacial score (nSPS) is 11.9. The summed E-state index contributed by atoms with van der Waals surface area (Å²) in [6.45, 7) is 2.30. The molecule has 30 heavy (non-hydrogen) atoms. The van der Waals surface area contributed by atoms with Gasteiger partial charge in [-0.2, -0.15) is 0 Å². The summed E-state index contributed by atoms with van der Waals surface area (Å²) < 4.78 is 0. The number of hydrogen-bond acceptors (Lipinski definition) is 1. The zero-order valence-corrected chi connectivity index (χ0v) is 19.6. The third-order valence-electron chi connectivity index (χ3n) is 5.33. The first-order valence-corrected chi connectivity index (χ1v) is 12.1. The first-order chi connectivity index (χ1) is 14.3. The largest absolute Gasteiger partial charge is 1.00 e. The lowest BCUT2D eigenvalue weighted by Crippen LogP contribution is -3.00. The molecule has 0 radical (unpaired) electrons. The molecule has 0 heterocycles. The predicted octanol–water partition coefficient (Wildman–Crippen LogP) is 2.49. The fourth-order valence-electron chi connectivity index (χ4n) is 4.09. The SMILES string of the molecule is CC(C[P+](c1ccccc1)(c1ccccc1)c1ccccc1)Nc1ccccc1.[Br-]. The molecule has 0 aromatic heterocycles. The highest BCUT2D eigenvalue weighted by Gasteiger charge is 2.46. The van der Waals surface area contributed by atoms with Crippen molar-refractivity contribution in [3.05, 3.63) is 121 Å². The van der Waals surface area contributed by atoms with E-state index >= 15 is 0 Å². The van der Waals surface area contributed by atoms with Crippen LogP contribution in [0.4, 0.5) is 5.69 Å². The third kappa shape index (κ3) is 4.83. The molecule has 0 aliphatic carbocycles. The summed E-state index contributed by atoms with van der Waals surface area (Å²) in [5, 5.41) is 8.02. The molecule has 4 rings (SSSR count). The summed E-state index contributed by atoms with van der Waals surface area (Å²) in [4.78, 5) is 0. The first kappa shape index (κ1) is 22.3. The Morgan fingerprint density at radius 1 is 0.567 bits per heavy atom. The van der Waals surface area contributed by atoms with Crippen LogP contribution < -0.4 is 38.2 Å². The minimum Gasteiger partial charge on any atom is -1.00 e. The van der Waals surface area contributed by atoms with Crippen molar-refractivity contribution >= 4 is 28.9 Å². The van der Waals surface area contributed by atoms with Crippen molar-refractivity contribution in [2.75, 3.05) is 11.5 Å². The lowest BCUT2D eigenvalue weighted by atomic mass is 10.3. The zero-order valence-electron chi connectivity index (χ0n) is 17.2. The van der Waals surface area contributed by atoms with Gasteiger partial charge in [0, 0.05) is 5.69 Å². The second-order valence-corrected chi connectivity index (χ2v) is 10.9. The van der Waals surface area contributed by atoms with Gasteiger partial charge in [0.25, 0.3) is 0 Å². The minimum absolute atomic E-state index is 0. The van der Waals surface area contributed by atoms with E-state index < -0.39 is 7.26 Å². The van der Waals surface area contributed by atoms with Gasteiger partial charge in [0.05, 0.1) is 12.2 Å². The third-order valence-corrected chi connectivity index (χ3v) is 9.96. The summed E-state index contributed by atoms with van der Waals surface area (Å²) in [6, 6.07) is 44.1. The molecule has 0 saturated heterocycles. The van der Waals surface area contributed by atoms with Gasteiger partial charge in [0.1, 0.15) is 23.2 Å². The van der Waals surface area contributed by atoms with Crippen LogP contribution in [-0.4, -0.2) is 12.2 Å². The molecule has 4 aromatic carbocycles. The van der Waals surface area contributed by atoms with Gasteiger partial charge in [-0.25, -0.2) is 0 Å². The van der Waals surface area contributed by atoms with Crippen LogP contribution in [0.25, 0.3) is 0 Å². The quantitative estimate of drug-likeness (QED) is 0.405. The molecule has 1 nitrogen and oxygen atoms in total. The molecule has 0 amide bonds. The van der Waals surface area contributed by atoms with Crippen LogP contribution >= 0.6 is 7.26 Å². The Kier molecular flexibility index (Phi) is 7.85. The molecule has 0 saturated carbocycles. The fourth-order valence-corrected chi connectivity index (χ4v) is 8.57. The molecule has 0 bridgehead atoms. The van der Waals surface area contributed by atoms with E-state index in [0.29, 0.717) is 6.04 Å². The molecular formula is C27H27BrNP. The molecule has 1 N–H and O–H groups in total. The molecule has 0 spiro atoms. The van der Waals surface area contributed by atoms with Crippen molar-refractivity contribution in [3.63, 3.8) is 0 Å². The average Bonchev–Trinajstić information content (AvgIpc) is 2.80. The molecule has 0 aliphatic rings. The lowest BCUT2D eigenvalue weighted by Gasteiger charge is -2.30. The summed E-state index contributed by atoms with van der Waals surface area (Å²) in [5.74, 6) is 0. The monoisotopic (exact) mass is 475 g/mol. The van der Waals surface area contributed by atoms with Gasteiger partial charge in [-0.15, -0.1) is 0 Å². The second kappa shape index (κ2) is 10.6. The molecule has 152 valence electrons. The highest BCUT2D eigenvalue weighted by Crippen LogP contribution is 2.55. The Morgan fingerprint density at radius 2 is 0.900 bits per heavy atom. The van der Waals surface area contributed by atoms with Crippen molar-refractivity contribution in [1.29, 1.82) is 0 Å². The van der Waals surface area contributed by atoms with Gasteiger partial charge in [-0.05, 0) is 55.5 Å². The van der Waals surface area contributed by atoms with E-state index in [1.807, 2.05) is 0 Å². The van der Waals surface area contributed by atoms with Crippen LogP contribution in [0.5, 0.6) is 0 Å². The van der Waals surface area contributed by atoms with Crippen molar-refractivity contribution < 1.29 is 17.0 Å². The standard InChI is InChI=1S/C27H27NP.BrH/c1-23(28-24-14-6-2-7-15-24)22-29(25-16-8-3-9-17-25,26-18-10-4-11-19-26)27-20-12-5-13-21-27;/h2-21,23,28H,22H2,1H3;1H/q+1;/p-1. The summed E-state index contributed by atoms with van der Waals surface area (Å²) in [6.07, 6.45) is 1.06. The van der Waals surface area contributed by atoms with Gasteiger partial charge >= 0.3 is 0 Å². The van der Waals surface area contributed by atoms with E-state index in [1.54, 1.807) is 0 Å². The fraction of sp³-hybridized carbons (Fsp3) is 0.111. The van der Waals surface area contributed by atoms with Crippen LogP contribution in [0, 0.1) is 0 Å². The number of rotatable bonds is 7. The van der Waals surface area contributed by atoms with Gasteiger partial charge < -0.3 is 22.3 Å². The van der Waals surface area contributed by atoms with E-state index in [4.69, 9.17) is 0 Å². The van der Waals surface area contributed by atoms with Crippen LogP contribution in [0.15, 0.2) is 121 Å². The van der Waals surface area contributed by atoms with Crippen molar-refractivity contribution in [2.45, 2.75) is 13.0 Å². The van der Waals surface area contributed by atoms with Gasteiger partial charge in [0.15, 0.2) is 0 Å². The molecular weight excluding hydrogens is 449 g/mol. The smallest absolute Gasteiger partial charge is 0.114 e. The minimum atomic E-state index is -1.81. The highest BCUT2D eigenvalue weighted by molar-refractivity contribution is 7.95. The highest BCUT2D eigenvalue weighted by atomic mass is 79.9. The van der Waals surface area contributed by atoms with Crippen LogP contribution in [-0.2, 0) is 0 Å². The van der Waals surface area contributed by atoms with Crippen LogP contribution in [0.2, 0.25) is 0 Å². The Labute approximate surface area is 191 Å². The molecule has 0 fully saturated rings. The van der Waals surface area contributed by atoms with Crippen molar-refractivity contribution in [1.82, 2.24) is 0 Å². The lowest BCUT2D eigenvalue weighted by molar-refractivity contribution is -0.00000572. The molecule has 1 unspecified atom stereocenters. The Morgan fingerprint density at radius 3 is 1.27 bits per heavy atom. The van der Waals surface area contributed by atoms with E-state index in [9.17, 15) is 0 Å². The van der Waals surface area contributed by atoms with Crippen molar-refractivity contribution in [2.24, 2.45) is 0 Å². The summed E-state index contributed by atoms with van der Waals surface area (Å²) in [7, 11) is -1.81. The Balaban J connectivity index is 0.00000256. The van der Waals surface area contributed by atoms with Gasteiger partial charge in [-0.1, -0.05) is 72.8 Å². The van der Waals surface area contributed by atoms with E-state index in [0.717, 1.165) is 6.16 Å².